The molecular weight excluding hydrogens is 331 g/mol. The number of hydrogen-bond donors (Lipinski definition) is 1. The van der Waals surface area contributed by atoms with Crippen LogP contribution in [0.5, 0.6) is 0 Å². The summed E-state index contributed by atoms with van der Waals surface area (Å²) in [5.41, 5.74) is -1.96. The molecule has 2 aliphatic rings. The minimum Gasteiger partial charge on any atom is -0.348 e. The van der Waals surface area contributed by atoms with Crippen LogP contribution in [0.15, 0.2) is 29.2 Å². The van der Waals surface area contributed by atoms with Crippen molar-refractivity contribution in [3.05, 3.63) is 29.8 Å². The van der Waals surface area contributed by atoms with E-state index in [-0.39, 0.29) is 29.9 Å². The lowest BCUT2D eigenvalue weighted by atomic mass is 9.67. The zero-order valence-electron chi connectivity index (χ0n) is 12.2. The molecule has 0 aromatic heterocycles. The fourth-order valence-electron chi connectivity index (χ4n) is 3.21. The molecule has 1 aromatic carbocycles. The quantitative estimate of drug-likeness (QED) is 0.895. The molecule has 23 heavy (non-hydrogen) atoms. The summed E-state index contributed by atoms with van der Waals surface area (Å²) in [6, 6.07) is 5.43. The maximum atomic E-state index is 13.2. The topological polar surface area (TPSA) is 63.2 Å². The van der Waals surface area contributed by atoms with Crippen molar-refractivity contribution in [1.29, 1.82) is 0 Å². The van der Waals surface area contributed by atoms with Crippen LogP contribution in [0.4, 0.5) is 13.2 Å². The second-order valence-corrected chi connectivity index (χ2v) is 8.18. The van der Waals surface area contributed by atoms with Crippen molar-refractivity contribution in [1.82, 2.24) is 5.32 Å². The van der Waals surface area contributed by atoms with Crippen LogP contribution in [-0.2, 0) is 14.6 Å². The first-order valence-corrected chi connectivity index (χ1v) is 9.02. The zero-order valence-corrected chi connectivity index (χ0v) is 13.0. The van der Waals surface area contributed by atoms with Gasteiger partial charge in [-0.25, -0.2) is 8.42 Å². The molecule has 126 valence electrons. The van der Waals surface area contributed by atoms with Gasteiger partial charge in [0.05, 0.1) is 16.7 Å². The Balaban J connectivity index is 1.88. The minimum atomic E-state index is -4.59. The highest BCUT2D eigenvalue weighted by atomic mass is 32.2. The summed E-state index contributed by atoms with van der Waals surface area (Å²) in [6.45, 7) is 0. The Morgan fingerprint density at radius 1 is 1.22 bits per heavy atom. The van der Waals surface area contributed by atoms with Gasteiger partial charge in [-0.3, -0.25) is 4.79 Å². The molecule has 1 amide bonds. The lowest BCUT2D eigenvalue weighted by molar-refractivity contribution is -0.243. The first kappa shape index (κ1) is 16.3. The molecule has 0 radical (unpaired) electrons. The number of halogens is 3. The Morgan fingerprint density at radius 2 is 1.87 bits per heavy atom. The molecule has 1 N–H and O–H groups in total. The van der Waals surface area contributed by atoms with E-state index in [2.05, 4.69) is 5.32 Å². The molecule has 1 heterocycles. The van der Waals surface area contributed by atoms with E-state index in [9.17, 15) is 26.4 Å². The Labute approximate surface area is 132 Å². The number of fused-ring (bicyclic) bond motifs is 1. The fourth-order valence-corrected chi connectivity index (χ4v) is 4.83. The largest absolute Gasteiger partial charge is 0.403 e. The predicted octanol–water partition coefficient (Wildman–Crippen LogP) is 2.75. The van der Waals surface area contributed by atoms with Crippen LogP contribution < -0.4 is 5.32 Å². The summed E-state index contributed by atoms with van der Waals surface area (Å²) >= 11 is 0. The summed E-state index contributed by atoms with van der Waals surface area (Å²) in [4.78, 5) is 12.3. The van der Waals surface area contributed by atoms with Crippen LogP contribution in [0.1, 0.15) is 37.3 Å². The second-order valence-electron chi connectivity index (χ2n) is 6.10. The number of amides is 1. The minimum absolute atomic E-state index is 0.0824. The van der Waals surface area contributed by atoms with Crippen molar-refractivity contribution in [3.63, 3.8) is 0 Å². The highest BCUT2D eigenvalue weighted by Gasteiger charge is 2.63. The third-order valence-electron chi connectivity index (χ3n) is 4.79. The van der Waals surface area contributed by atoms with Gasteiger partial charge in [0.15, 0.2) is 9.84 Å². The van der Waals surface area contributed by atoms with Gasteiger partial charge in [-0.05, 0) is 30.9 Å². The van der Waals surface area contributed by atoms with Crippen molar-refractivity contribution in [3.8, 4) is 0 Å². The van der Waals surface area contributed by atoms with Crippen LogP contribution in [0.25, 0.3) is 0 Å². The van der Waals surface area contributed by atoms with E-state index in [1.165, 1.54) is 12.1 Å². The molecular formula is C15H16F3NO3S. The number of carbonyl (C=O) groups is 1. The molecule has 1 saturated carbocycles. The molecule has 0 bridgehead atoms. The van der Waals surface area contributed by atoms with E-state index in [0.29, 0.717) is 12.0 Å². The van der Waals surface area contributed by atoms with Crippen LogP contribution in [-0.4, -0.2) is 26.3 Å². The number of benzene rings is 1. The Bertz CT molecular complexity index is 739. The van der Waals surface area contributed by atoms with Crippen LogP contribution in [0.2, 0.25) is 0 Å². The molecule has 1 aromatic rings. The first-order valence-electron chi connectivity index (χ1n) is 7.37. The van der Waals surface area contributed by atoms with Gasteiger partial charge in [0.1, 0.15) is 5.41 Å². The summed E-state index contributed by atoms with van der Waals surface area (Å²) in [5.74, 6) is -1.23. The average molecular weight is 347 g/mol. The molecule has 1 fully saturated rings. The van der Waals surface area contributed by atoms with E-state index in [4.69, 9.17) is 0 Å². The van der Waals surface area contributed by atoms with Crippen molar-refractivity contribution in [2.75, 3.05) is 5.75 Å². The SMILES string of the molecule is O=C(NC1CCS(=O)(=O)c2ccccc21)C1(C(F)(F)F)CCC1. The van der Waals surface area contributed by atoms with Gasteiger partial charge >= 0.3 is 6.18 Å². The van der Waals surface area contributed by atoms with E-state index < -0.39 is 33.4 Å². The van der Waals surface area contributed by atoms with Crippen molar-refractivity contribution in [2.45, 2.75) is 42.8 Å². The third-order valence-corrected chi connectivity index (χ3v) is 6.61. The van der Waals surface area contributed by atoms with Crippen LogP contribution in [0, 0.1) is 5.41 Å². The van der Waals surface area contributed by atoms with Gasteiger partial charge in [0, 0.05) is 0 Å². The standard InChI is InChI=1S/C15H16F3NO3S/c16-15(17,18)14(7-3-8-14)13(20)19-11-6-9-23(21,22)12-5-2-1-4-10(11)12/h1-2,4-5,11H,3,6-9H2,(H,19,20). The molecule has 4 nitrogen and oxygen atoms in total. The first-order chi connectivity index (χ1) is 10.7. The van der Waals surface area contributed by atoms with Gasteiger partial charge in [0.2, 0.25) is 5.91 Å². The molecule has 1 aliphatic carbocycles. The van der Waals surface area contributed by atoms with Crippen molar-refractivity contribution < 1.29 is 26.4 Å². The molecule has 0 saturated heterocycles. The predicted molar refractivity (Wildman–Crippen MR) is 76.3 cm³/mol. The third kappa shape index (κ3) is 2.52. The molecule has 0 spiro atoms. The summed E-state index contributed by atoms with van der Waals surface area (Å²) in [7, 11) is -3.44. The average Bonchev–Trinajstić information content (AvgIpc) is 2.39. The van der Waals surface area contributed by atoms with Crippen molar-refractivity contribution >= 4 is 15.7 Å². The molecule has 3 rings (SSSR count). The highest BCUT2D eigenvalue weighted by molar-refractivity contribution is 7.91. The normalized spacial score (nSPS) is 25.1. The summed E-state index contributed by atoms with van der Waals surface area (Å²) in [5, 5.41) is 2.44. The van der Waals surface area contributed by atoms with Gasteiger partial charge in [-0.1, -0.05) is 24.6 Å². The smallest absolute Gasteiger partial charge is 0.348 e. The van der Waals surface area contributed by atoms with Crippen LogP contribution in [0.3, 0.4) is 0 Å². The molecule has 1 atom stereocenters. The number of alkyl halides is 3. The van der Waals surface area contributed by atoms with Gasteiger partial charge in [-0.15, -0.1) is 0 Å². The molecule has 1 aliphatic heterocycles. The number of hydrogen-bond acceptors (Lipinski definition) is 3. The lowest BCUT2D eigenvalue weighted by Crippen LogP contribution is -2.55. The fraction of sp³-hybridized carbons (Fsp3) is 0.533. The van der Waals surface area contributed by atoms with E-state index in [1.807, 2.05) is 0 Å². The van der Waals surface area contributed by atoms with Crippen molar-refractivity contribution in [2.24, 2.45) is 5.41 Å². The Hall–Kier alpha value is -1.57. The number of nitrogens with one attached hydrogen (secondary N) is 1. The van der Waals surface area contributed by atoms with E-state index >= 15 is 0 Å². The lowest BCUT2D eigenvalue weighted by Gasteiger charge is -2.42. The second kappa shape index (κ2) is 5.22. The van der Waals surface area contributed by atoms with Gasteiger partial charge < -0.3 is 5.32 Å². The molecule has 1 unspecified atom stereocenters. The maximum absolute atomic E-state index is 13.2. The molecule has 8 heteroatoms. The maximum Gasteiger partial charge on any atom is 0.403 e. The zero-order chi connectivity index (χ0) is 16.9. The summed E-state index contributed by atoms with van der Waals surface area (Å²) in [6.07, 6.45) is -4.57. The number of sulfone groups is 1. The Kier molecular flexibility index (Phi) is 3.70. The van der Waals surface area contributed by atoms with E-state index in [0.717, 1.165) is 0 Å². The monoisotopic (exact) mass is 347 g/mol. The highest BCUT2D eigenvalue weighted by Crippen LogP contribution is 2.53. The summed E-state index contributed by atoms with van der Waals surface area (Å²) < 4.78 is 63.7. The number of carbonyl (C=O) groups excluding carboxylic acids is 1. The Morgan fingerprint density at radius 3 is 2.43 bits per heavy atom. The number of rotatable bonds is 2. The van der Waals surface area contributed by atoms with Gasteiger partial charge in [-0.2, -0.15) is 13.2 Å². The van der Waals surface area contributed by atoms with Crippen LogP contribution >= 0.6 is 0 Å². The van der Waals surface area contributed by atoms with Gasteiger partial charge in [0.25, 0.3) is 0 Å². The van der Waals surface area contributed by atoms with E-state index in [1.54, 1.807) is 12.1 Å².